The molecule has 0 spiro atoms. The number of ether oxygens (including phenoxy) is 2. The van der Waals surface area contributed by atoms with Crippen molar-refractivity contribution in [2.75, 3.05) is 13.2 Å². The van der Waals surface area contributed by atoms with Crippen LogP contribution in [0.15, 0.2) is 40.1 Å². The van der Waals surface area contributed by atoms with Crippen LogP contribution in [0, 0.1) is 13.8 Å². The summed E-state index contributed by atoms with van der Waals surface area (Å²) in [5.74, 6) is 0.0210. The quantitative estimate of drug-likeness (QED) is 0.450. The van der Waals surface area contributed by atoms with Crippen molar-refractivity contribution in [3.63, 3.8) is 0 Å². The van der Waals surface area contributed by atoms with Crippen molar-refractivity contribution in [1.29, 1.82) is 0 Å². The van der Waals surface area contributed by atoms with Crippen LogP contribution >= 0.6 is 0 Å². The van der Waals surface area contributed by atoms with E-state index in [1.807, 2.05) is 37.0 Å². The third-order valence-electron chi connectivity index (χ3n) is 4.77. The monoisotopic (exact) mass is 405 g/mol. The van der Waals surface area contributed by atoms with E-state index in [4.69, 9.17) is 9.47 Å². The van der Waals surface area contributed by atoms with E-state index in [0.29, 0.717) is 5.75 Å². The van der Waals surface area contributed by atoms with Gasteiger partial charge in [-0.2, -0.15) is 0 Å². The largest absolute Gasteiger partial charge is 0.492 e. The number of rotatable bonds is 6. The summed E-state index contributed by atoms with van der Waals surface area (Å²) in [6, 6.07) is 6.73. The smallest absolute Gasteiger partial charge is 0.330 e. The lowest BCUT2D eigenvalue weighted by molar-refractivity contribution is -0.137. The van der Waals surface area contributed by atoms with Gasteiger partial charge >= 0.3 is 5.69 Å². The minimum absolute atomic E-state index is 0.151. The first-order chi connectivity index (χ1) is 13.8. The molecule has 156 valence electrons. The van der Waals surface area contributed by atoms with E-state index in [1.54, 1.807) is 0 Å². The molecule has 1 saturated heterocycles. The van der Waals surface area contributed by atoms with E-state index >= 15 is 0 Å². The van der Waals surface area contributed by atoms with Crippen LogP contribution in [0.3, 0.4) is 0 Å². The average Bonchev–Trinajstić information content (AvgIpc) is 2.97. The zero-order valence-corrected chi connectivity index (χ0v) is 16.0. The number of benzene rings is 1. The summed E-state index contributed by atoms with van der Waals surface area (Å²) in [6.45, 7) is 4.31. The lowest BCUT2D eigenvalue weighted by Crippen LogP contribution is -2.43. The molecule has 3 rings (SSSR count). The van der Waals surface area contributed by atoms with E-state index in [1.165, 1.54) is 0 Å². The van der Waals surface area contributed by atoms with Gasteiger partial charge in [0.05, 0.1) is 6.54 Å². The molecule has 1 amide bonds. The van der Waals surface area contributed by atoms with Crippen LogP contribution in [0.1, 0.15) is 17.4 Å². The molecule has 0 radical (unpaired) electrons. The molecule has 1 fully saturated rings. The number of hydrogen-bond donors (Lipinski definition) is 4. The second-order valence-corrected chi connectivity index (χ2v) is 6.83. The Morgan fingerprint density at radius 3 is 2.66 bits per heavy atom. The van der Waals surface area contributed by atoms with Crippen molar-refractivity contribution in [1.82, 2.24) is 14.9 Å². The third-order valence-corrected chi connectivity index (χ3v) is 4.77. The van der Waals surface area contributed by atoms with Gasteiger partial charge < -0.3 is 25.0 Å². The molecule has 0 unspecified atom stereocenters. The van der Waals surface area contributed by atoms with Gasteiger partial charge in [-0.05, 0) is 37.1 Å². The van der Waals surface area contributed by atoms with Gasteiger partial charge in [0.25, 0.3) is 11.5 Å². The first-order valence-electron chi connectivity index (χ1n) is 9.09. The number of hydrogen-bond acceptors (Lipinski definition) is 7. The maximum atomic E-state index is 12.3. The molecule has 10 nitrogen and oxygen atoms in total. The maximum Gasteiger partial charge on any atom is 0.330 e. The Labute approximate surface area is 165 Å². The van der Waals surface area contributed by atoms with Crippen molar-refractivity contribution in [3.05, 3.63) is 62.4 Å². The lowest BCUT2D eigenvalue weighted by atomic mass is 10.1. The number of aromatic nitrogens is 2. The van der Waals surface area contributed by atoms with Crippen molar-refractivity contribution >= 4 is 5.91 Å². The molecule has 4 N–H and O–H groups in total. The summed E-state index contributed by atoms with van der Waals surface area (Å²) in [5, 5.41) is 22.9. The van der Waals surface area contributed by atoms with Gasteiger partial charge in [0.2, 0.25) is 0 Å². The van der Waals surface area contributed by atoms with Crippen LogP contribution < -0.4 is 21.3 Å². The molecule has 2 aromatic rings. The lowest BCUT2D eigenvalue weighted by Gasteiger charge is -2.16. The molecular weight excluding hydrogens is 382 g/mol. The molecule has 1 aromatic carbocycles. The average molecular weight is 405 g/mol. The van der Waals surface area contributed by atoms with E-state index in [-0.39, 0.29) is 13.2 Å². The zero-order chi connectivity index (χ0) is 21.1. The number of aromatic amines is 1. The number of aryl methyl sites for hydroxylation is 2. The number of carbonyl (C=O) groups excluding carboxylic acids is 1. The number of amides is 1. The number of aliphatic hydroxyl groups is 2. The molecule has 1 aliphatic heterocycles. The maximum absolute atomic E-state index is 12.3. The standard InChI is InChI=1S/C19H23N3O7/c1-10-3-4-12(9-11(10)2)28-8-6-20-17(26)16-14(24)15(25)18(29-16)22-7-5-13(23)21-19(22)27/h3-5,7,9,14-16,18,24-25H,6,8H2,1-2H3,(H,20,26)(H,21,23,27)/t14-,15+,16-,18+/m0/s1. The summed E-state index contributed by atoms with van der Waals surface area (Å²) in [6.07, 6.45) is -4.63. The first kappa shape index (κ1) is 20.8. The fourth-order valence-electron chi connectivity index (χ4n) is 2.98. The predicted molar refractivity (Wildman–Crippen MR) is 102 cm³/mol. The summed E-state index contributed by atoms with van der Waals surface area (Å²) in [7, 11) is 0. The molecule has 0 saturated carbocycles. The first-order valence-corrected chi connectivity index (χ1v) is 9.09. The zero-order valence-electron chi connectivity index (χ0n) is 16.0. The second kappa shape index (κ2) is 8.60. The van der Waals surface area contributed by atoms with Crippen molar-refractivity contribution in [3.8, 4) is 5.75 Å². The highest BCUT2D eigenvalue weighted by Crippen LogP contribution is 2.28. The molecule has 10 heteroatoms. The van der Waals surface area contributed by atoms with Gasteiger partial charge in [-0.3, -0.25) is 19.1 Å². The predicted octanol–water partition coefficient (Wildman–Crippen LogP) is -1.03. The summed E-state index contributed by atoms with van der Waals surface area (Å²) in [5.41, 5.74) is 0.799. The van der Waals surface area contributed by atoms with E-state index in [2.05, 4.69) is 5.32 Å². The minimum atomic E-state index is -1.54. The molecule has 1 aromatic heterocycles. The molecule has 2 heterocycles. The number of carbonyl (C=O) groups is 1. The second-order valence-electron chi connectivity index (χ2n) is 6.83. The van der Waals surface area contributed by atoms with Crippen LogP contribution in [-0.4, -0.2) is 57.1 Å². The Kier molecular flexibility index (Phi) is 6.16. The van der Waals surface area contributed by atoms with Gasteiger partial charge in [0.15, 0.2) is 12.3 Å². The van der Waals surface area contributed by atoms with Crippen molar-refractivity contribution in [2.24, 2.45) is 0 Å². The van der Waals surface area contributed by atoms with Gasteiger partial charge in [-0.1, -0.05) is 6.07 Å². The van der Waals surface area contributed by atoms with E-state index in [0.717, 1.165) is 28.0 Å². The van der Waals surface area contributed by atoms with Gasteiger partial charge in [-0.15, -0.1) is 0 Å². The fraction of sp³-hybridized carbons (Fsp3) is 0.421. The van der Waals surface area contributed by atoms with Crippen LogP contribution in [0.2, 0.25) is 0 Å². The molecule has 0 bridgehead atoms. The normalized spacial score (nSPS) is 23.7. The third kappa shape index (κ3) is 4.56. The molecule has 4 atom stereocenters. The van der Waals surface area contributed by atoms with Crippen molar-refractivity contribution in [2.45, 2.75) is 38.4 Å². The highest BCUT2D eigenvalue weighted by Gasteiger charge is 2.47. The van der Waals surface area contributed by atoms with E-state index < -0.39 is 41.7 Å². The number of H-pyrrole nitrogens is 1. The summed E-state index contributed by atoms with van der Waals surface area (Å²) >= 11 is 0. The topological polar surface area (TPSA) is 143 Å². The summed E-state index contributed by atoms with van der Waals surface area (Å²) < 4.78 is 11.9. The Balaban J connectivity index is 1.56. The van der Waals surface area contributed by atoms with Gasteiger partial charge in [0, 0.05) is 12.3 Å². The number of aliphatic hydroxyl groups excluding tert-OH is 2. The number of nitrogens with one attached hydrogen (secondary N) is 2. The Morgan fingerprint density at radius 1 is 1.21 bits per heavy atom. The van der Waals surface area contributed by atoms with Crippen LogP contribution in [-0.2, 0) is 9.53 Å². The molecule has 1 aliphatic rings. The Morgan fingerprint density at radius 2 is 1.97 bits per heavy atom. The van der Waals surface area contributed by atoms with Crippen LogP contribution in [0.25, 0.3) is 0 Å². The highest BCUT2D eigenvalue weighted by atomic mass is 16.6. The minimum Gasteiger partial charge on any atom is -0.492 e. The SMILES string of the molecule is Cc1ccc(OCCNC(=O)[C@H]2O[C@@H](n3ccc(=O)[nH]c3=O)[C@H](O)[C@@H]2O)cc1C. The Hall–Kier alpha value is -2.95. The molecule has 29 heavy (non-hydrogen) atoms. The van der Waals surface area contributed by atoms with Crippen LogP contribution in [0.4, 0.5) is 0 Å². The van der Waals surface area contributed by atoms with Crippen LogP contribution in [0.5, 0.6) is 5.75 Å². The highest BCUT2D eigenvalue weighted by molar-refractivity contribution is 5.81. The molecule has 0 aliphatic carbocycles. The summed E-state index contributed by atoms with van der Waals surface area (Å²) in [4.78, 5) is 37.4. The van der Waals surface area contributed by atoms with E-state index in [9.17, 15) is 24.6 Å². The van der Waals surface area contributed by atoms with Gasteiger partial charge in [-0.25, -0.2) is 4.79 Å². The van der Waals surface area contributed by atoms with Gasteiger partial charge in [0.1, 0.15) is 24.6 Å². The Bertz CT molecular complexity index is 1000. The van der Waals surface area contributed by atoms with Crippen molar-refractivity contribution < 1.29 is 24.5 Å². The fourth-order valence-corrected chi connectivity index (χ4v) is 2.98. The molecular formula is C19H23N3O7. The number of nitrogens with zero attached hydrogens (tertiary/aromatic N) is 1.